The number of nitrogens with zero attached hydrogens (tertiary/aromatic N) is 1. The molecule has 2 N–H and O–H groups in total. The van der Waals surface area contributed by atoms with Gasteiger partial charge in [-0.15, -0.1) is 0 Å². The Hall–Kier alpha value is -0.770. The quantitative estimate of drug-likeness (QED) is 0.864. The normalized spacial score (nSPS) is 11.1. The van der Waals surface area contributed by atoms with E-state index in [1.165, 1.54) is 0 Å². The second kappa shape index (κ2) is 3.77. The van der Waals surface area contributed by atoms with Crippen molar-refractivity contribution in [2.45, 2.75) is 6.42 Å². The molecule has 0 saturated carbocycles. The van der Waals surface area contributed by atoms with E-state index in [1.54, 1.807) is 12.1 Å². The smallest absolute Gasteiger partial charge is 0.196 e. The lowest BCUT2D eigenvalue weighted by Crippen LogP contribution is -2.02. The van der Waals surface area contributed by atoms with Crippen LogP contribution >= 0.6 is 23.2 Å². The van der Waals surface area contributed by atoms with Gasteiger partial charge in [0.05, 0.1) is 5.02 Å². The molecular formula is C9H8Cl2N2O. The van der Waals surface area contributed by atoms with Crippen molar-refractivity contribution in [1.29, 1.82) is 0 Å². The van der Waals surface area contributed by atoms with Crippen LogP contribution in [-0.2, 0) is 6.42 Å². The minimum Gasteiger partial charge on any atom is -0.439 e. The molecule has 5 heteroatoms. The first-order chi connectivity index (χ1) is 6.70. The van der Waals surface area contributed by atoms with Gasteiger partial charge in [-0.1, -0.05) is 23.2 Å². The second-order valence-corrected chi connectivity index (χ2v) is 3.73. The van der Waals surface area contributed by atoms with Crippen LogP contribution in [0.25, 0.3) is 11.1 Å². The Bertz CT molecular complexity index is 467. The van der Waals surface area contributed by atoms with E-state index in [2.05, 4.69) is 4.98 Å². The number of benzene rings is 1. The Morgan fingerprint density at radius 3 is 2.86 bits per heavy atom. The monoisotopic (exact) mass is 230 g/mol. The number of rotatable bonds is 2. The molecule has 14 heavy (non-hydrogen) atoms. The fourth-order valence-corrected chi connectivity index (χ4v) is 1.76. The van der Waals surface area contributed by atoms with Gasteiger partial charge in [-0.2, -0.15) is 0 Å². The lowest BCUT2D eigenvalue weighted by Gasteiger charge is -1.91. The highest BCUT2D eigenvalue weighted by Crippen LogP contribution is 2.28. The Labute approximate surface area is 90.8 Å². The minimum atomic E-state index is 0.475. The molecule has 1 aromatic heterocycles. The van der Waals surface area contributed by atoms with Crippen molar-refractivity contribution in [2.75, 3.05) is 6.54 Å². The first kappa shape index (κ1) is 9.77. The van der Waals surface area contributed by atoms with Crippen molar-refractivity contribution in [2.24, 2.45) is 5.73 Å². The Morgan fingerprint density at radius 1 is 1.36 bits per heavy atom. The van der Waals surface area contributed by atoms with Gasteiger partial charge < -0.3 is 10.2 Å². The molecule has 0 bridgehead atoms. The van der Waals surface area contributed by atoms with E-state index in [0.29, 0.717) is 40.0 Å². The maximum absolute atomic E-state index is 5.93. The molecule has 0 aliphatic carbocycles. The zero-order valence-corrected chi connectivity index (χ0v) is 8.77. The summed E-state index contributed by atoms with van der Waals surface area (Å²) in [6.45, 7) is 0.498. The number of aromatic nitrogens is 1. The third-order valence-electron chi connectivity index (χ3n) is 1.81. The molecule has 0 fully saturated rings. The van der Waals surface area contributed by atoms with E-state index >= 15 is 0 Å². The summed E-state index contributed by atoms with van der Waals surface area (Å²) < 4.78 is 5.41. The van der Waals surface area contributed by atoms with E-state index in [4.69, 9.17) is 33.4 Å². The van der Waals surface area contributed by atoms with Gasteiger partial charge >= 0.3 is 0 Å². The van der Waals surface area contributed by atoms with Crippen LogP contribution in [0.1, 0.15) is 5.89 Å². The molecule has 0 radical (unpaired) electrons. The molecule has 0 spiro atoms. The lowest BCUT2D eigenvalue weighted by atomic mass is 10.3. The van der Waals surface area contributed by atoms with Crippen molar-refractivity contribution in [1.82, 2.24) is 4.98 Å². The molecule has 2 aromatic rings. The average molecular weight is 231 g/mol. The van der Waals surface area contributed by atoms with Crippen molar-refractivity contribution in [3.8, 4) is 0 Å². The van der Waals surface area contributed by atoms with Gasteiger partial charge in [-0.05, 0) is 12.1 Å². The molecule has 1 heterocycles. The number of hydrogen-bond donors (Lipinski definition) is 1. The van der Waals surface area contributed by atoms with Crippen molar-refractivity contribution in [3.05, 3.63) is 28.1 Å². The zero-order valence-electron chi connectivity index (χ0n) is 7.26. The largest absolute Gasteiger partial charge is 0.439 e. The molecule has 0 aliphatic heterocycles. The van der Waals surface area contributed by atoms with Gasteiger partial charge in [0.15, 0.2) is 11.5 Å². The molecule has 74 valence electrons. The van der Waals surface area contributed by atoms with E-state index in [0.717, 1.165) is 0 Å². The molecular weight excluding hydrogens is 223 g/mol. The highest BCUT2D eigenvalue weighted by atomic mass is 35.5. The molecule has 0 saturated heterocycles. The second-order valence-electron chi connectivity index (χ2n) is 2.88. The van der Waals surface area contributed by atoms with Crippen LogP contribution in [-0.4, -0.2) is 11.5 Å². The third-order valence-corrected chi connectivity index (χ3v) is 2.31. The molecule has 3 nitrogen and oxygen atoms in total. The predicted octanol–water partition coefficient (Wildman–Crippen LogP) is 2.64. The summed E-state index contributed by atoms with van der Waals surface area (Å²) in [5.74, 6) is 0.590. The highest BCUT2D eigenvalue weighted by molar-refractivity contribution is 6.37. The summed E-state index contributed by atoms with van der Waals surface area (Å²) in [7, 11) is 0. The molecule has 0 atom stereocenters. The topological polar surface area (TPSA) is 52.0 Å². The lowest BCUT2D eigenvalue weighted by molar-refractivity contribution is 0.531. The fourth-order valence-electron chi connectivity index (χ4n) is 1.24. The number of nitrogens with two attached hydrogens (primary N) is 1. The Kier molecular flexibility index (Phi) is 2.63. The van der Waals surface area contributed by atoms with Crippen LogP contribution in [0.4, 0.5) is 0 Å². The maximum atomic E-state index is 5.93. The van der Waals surface area contributed by atoms with Crippen LogP contribution in [0.5, 0.6) is 0 Å². The molecule has 2 rings (SSSR count). The molecule has 0 amide bonds. The van der Waals surface area contributed by atoms with Gasteiger partial charge in [0.2, 0.25) is 0 Å². The predicted molar refractivity (Wildman–Crippen MR) is 56.8 cm³/mol. The van der Waals surface area contributed by atoms with Gasteiger partial charge in [-0.3, -0.25) is 0 Å². The molecule has 0 unspecified atom stereocenters. The zero-order chi connectivity index (χ0) is 10.1. The number of oxazole rings is 1. The van der Waals surface area contributed by atoms with Crippen molar-refractivity contribution >= 4 is 34.3 Å². The van der Waals surface area contributed by atoms with Gasteiger partial charge in [0.25, 0.3) is 0 Å². The van der Waals surface area contributed by atoms with E-state index in [9.17, 15) is 0 Å². The summed E-state index contributed by atoms with van der Waals surface area (Å²) >= 11 is 11.7. The van der Waals surface area contributed by atoms with Crippen LogP contribution in [0, 0.1) is 0 Å². The van der Waals surface area contributed by atoms with Crippen LogP contribution in [0.2, 0.25) is 10.0 Å². The summed E-state index contributed by atoms with van der Waals surface area (Å²) in [5.41, 5.74) is 6.63. The number of hydrogen-bond acceptors (Lipinski definition) is 3. The first-order valence-electron chi connectivity index (χ1n) is 4.15. The van der Waals surface area contributed by atoms with Gasteiger partial charge in [0, 0.05) is 18.0 Å². The van der Waals surface area contributed by atoms with Gasteiger partial charge in [-0.25, -0.2) is 4.98 Å². The third kappa shape index (κ3) is 1.71. The molecule has 0 aliphatic rings. The minimum absolute atomic E-state index is 0.475. The average Bonchev–Trinajstić information content (AvgIpc) is 2.48. The van der Waals surface area contributed by atoms with Crippen molar-refractivity contribution < 1.29 is 4.42 Å². The maximum Gasteiger partial charge on any atom is 0.196 e. The van der Waals surface area contributed by atoms with Gasteiger partial charge in [0.1, 0.15) is 5.52 Å². The summed E-state index contributed by atoms with van der Waals surface area (Å²) in [4.78, 5) is 4.21. The summed E-state index contributed by atoms with van der Waals surface area (Å²) in [6.07, 6.45) is 0.600. The highest BCUT2D eigenvalue weighted by Gasteiger charge is 2.09. The summed E-state index contributed by atoms with van der Waals surface area (Å²) in [5, 5.41) is 1.03. The number of halogens is 2. The summed E-state index contributed by atoms with van der Waals surface area (Å²) in [6, 6.07) is 3.34. The van der Waals surface area contributed by atoms with E-state index in [-0.39, 0.29) is 0 Å². The SMILES string of the molecule is NCCc1nc2cc(Cl)cc(Cl)c2o1. The standard InChI is InChI=1S/C9H8Cl2N2O/c10-5-3-6(11)9-7(4-5)13-8(14-9)1-2-12/h3-4H,1-2,12H2. The van der Waals surface area contributed by atoms with E-state index in [1.807, 2.05) is 0 Å². The van der Waals surface area contributed by atoms with Crippen molar-refractivity contribution in [3.63, 3.8) is 0 Å². The first-order valence-corrected chi connectivity index (χ1v) is 4.91. The van der Waals surface area contributed by atoms with Crippen LogP contribution in [0.15, 0.2) is 16.5 Å². The van der Waals surface area contributed by atoms with Crippen LogP contribution < -0.4 is 5.73 Å². The fraction of sp³-hybridized carbons (Fsp3) is 0.222. The van der Waals surface area contributed by atoms with E-state index < -0.39 is 0 Å². The number of fused-ring (bicyclic) bond motifs is 1. The Morgan fingerprint density at radius 2 is 2.14 bits per heavy atom. The Balaban J connectivity index is 2.58. The van der Waals surface area contributed by atoms with Crippen LogP contribution in [0.3, 0.4) is 0 Å². The molecule has 1 aromatic carbocycles.